The highest BCUT2D eigenvalue weighted by atomic mass is 19.1. The zero-order chi connectivity index (χ0) is 18.6. The number of ether oxygens (including phenoxy) is 1. The van der Waals surface area contributed by atoms with Gasteiger partial charge in [-0.2, -0.15) is 0 Å². The van der Waals surface area contributed by atoms with E-state index in [-0.39, 0.29) is 37.1 Å². The van der Waals surface area contributed by atoms with Crippen LogP contribution in [0.3, 0.4) is 0 Å². The summed E-state index contributed by atoms with van der Waals surface area (Å²) in [6.45, 7) is 2.67. The Morgan fingerprint density at radius 2 is 2.23 bits per heavy atom. The number of benzene rings is 1. The lowest BCUT2D eigenvalue weighted by atomic mass is 9.92. The second-order valence-electron chi connectivity index (χ2n) is 6.41. The number of hydrogen-bond donors (Lipinski definition) is 2. The molecule has 0 saturated carbocycles. The average Bonchev–Trinajstić information content (AvgIpc) is 3.02. The molecule has 1 fully saturated rings. The molecule has 8 nitrogen and oxygen atoms in total. The van der Waals surface area contributed by atoms with E-state index in [0.717, 1.165) is 0 Å². The number of rotatable bonds is 6. The second kappa shape index (κ2) is 7.90. The number of hydrogen-bond acceptors (Lipinski definition) is 7. The summed E-state index contributed by atoms with van der Waals surface area (Å²) in [7, 11) is 0. The van der Waals surface area contributed by atoms with E-state index in [2.05, 4.69) is 20.3 Å². The molecular formula is C17H21FN4O4. The van der Waals surface area contributed by atoms with Gasteiger partial charge in [-0.25, -0.2) is 9.02 Å². The van der Waals surface area contributed by atoms with Crippen molar-refractivity contribution in [2.45, 2.75) is 18.9 Å². The fourth-order valence-electron chi connectivity index (χ4n) is 3.03. The van der Waals surface area contributed by atoms with Crippen LogP contribution < -0.4 is 5.32 Å². The van der Waals surface area contributed by atoms with Crippen molar-refractivity contribution in [1.82, 2.24) is 15.2 Å². The number of morpholine rings is 1. The van der Waals surface area contributed by atoms with Crippen molar-refractivity contribution in [1.29, 1.82) is 0 Å². The van der Waals surface area contributed by atoms with Crippen molar-refractivity contribution in [3.8, 4) is 0 Å². The minimum absolute atomic E-state index is 0.0919. The number of nitrogens with one attached hydrogen (secondary N) is 1. The average molecular weight is 364 g/mol. The van der Waals surface area contributed by atoms with Gasteiger partial charge >= 0.3 is 0 Å². The molecule has 1 amide bonds. The number of carbonyl (C=O) groups excluding carboxylic acids is 1. The van der Waals surface area contributed by atoms with E-state index in [1.165, 1.54) is 6.07 Å². The van der Waals surface area contributed by atoms with Crippen molar-refractivity contribution >= 4 is 11.7 Å². The van der Waals surface area contributed by atoms with Crippen LogP contribution in [0.2, 0.25) is 0 Å². The van der Waals surface area contributed by atoms with E-state index >= 15 is 0 Å². The van der Waals surface area contributed by atoms with Gasteiger partial charge in [0.1, 0.15) is 17.1 Å². The molecule has 0 bridgehead atoms. The van der Waals surface area contributed by atoms with Crippen molar-refractivity contribution in [2.75, 3.05) is 38.2 Å². The van der Waals surface area contributed by atoms with E-state index in [9.17, 15) is 14.3 Å². The molecule has 1 unspecified atom stereocenters. The van der Waals surface area contributed by atoms with Crippen LogP contribution in [-0.2, 0) is 16.0 Å². The largest absolute Gasteiger partial charge is 0.393 e. The first-order valence-corrected chi connectivity index (χ1v) is 8.31. The first kappa shape index (κ1) is 18.4. The van der Waals surface area contributed by atoms with Crippen LogP contribution in [0, 0.1) is 12.7 Å². The molecule has 2 N–H and O–H groups in total. The lowest BCUT2D eigenvalue weighted by molar-refractivity contribution is -0.139. The van der Waals surface area contributed by atoms with Gasteiger partial charge in [0.2, 0.25) is 5.91 Å². The van der Waals surface area contributed by atoms with Gasteiger partial charge in [-0.15, -0.1) is 0 Å². The summed E-state index contributed by atoms with van der Waals surface area (Å²) in [5.41, 5.74) is 0.00764. The molecule has 2 aromatic rings. The van der Waals surface area contributed by atoms with Crippen molar-refractivity contribution < 1.29 is 23.7 Å². The van der Waals surface area contributed by atoms with E-state index in [0.29, 0.717) is 31.0 Å². The Kier molecular flexibility index (Phi) is 5.60. The molecule has 1 atom stereocenters. The number of aliphatic hydroxyl groups is 1. The Morgan fingerprint density at radius 3 is 2.92 bits per heavy atom. The van der Waals surface area contributed by atoms with Gasteiger partial charge in [0, 0.05) is 19.5 Å². The number of carbonyl (C=O) groups is 1. The van der Waals surface area contributed by atoms with Crippen molar-refractivity contribution in [3.63, 3.8) is 0 Å². The Morgan fingerprint density at radius 1 is 1.42 bits per heavy atom. The quantitative estimate of drug-likeness (QED) is 0.780. The van der Waals surface area contributed by atoms with Gasteiger partial charge < -0.3 is 15.2 Å². The molecular weight excluding hydrogens is 343 g/mol. The molecule has 0 radical (unpaired) electrons. The SMILES string of the molecule is Cc1nonc1NC(=O)CN1CCOC(CO)(Cc2ccccc2F)C1. The number of aromatic nitrogens is 2. The summed E-state index contributed by atoms with van der Waals surface area (Å²) in [4.78, 5) is 14.1. The topological polar surface area (TPSA) is 101 Å². The van der Waals surface area contributed by atoms with Gasteiger partial charge in [0.15, 0.2) is 5.82 Å². The molecule has 2 heterocycles. The van der Waals surface area contributed by atoms with Crippen LogP contribution in [-0.4, -0.2) is 64.7 Å². The minimum atomic E-state index is -0.952. The summed E-state index contributed by atoms with van der Waals surface area (Å²) in [6.07, 6.45) is 0.223. The van der Waals surface area contributed by atoms with E-state index in [1.807, 2.05) is 4.90 Å². The van der Waals surface area contributed by atoms with Crippen LogP contribution in [0.5, 0.6) is 0 Å². The van der Waals surface area contributed by atoms with Gasteiger partial charge in [0.25, 0.3) is 0 Å². The highest BCUT2D eigenvalue weighted by Crippen LogP contribution is 2.24. The summed E-state index contributed by atoms with van der Waals surface area (Å²) >= 11 is 0. The highest BCUT2D eigenvalue weighted by molar-refractivity contribution is 5.91. The molecule has 1 aromatic carbocycles. The van der Waals surface area contributed by atoms with Gasteiger partial charge in [0.05, 0.1) is 19.8 Å². The molecule has 3 rings (SSSR count). The monoisotopic (exact) mass is 364 g/mol. The number of aryl methyl sites for hydroxylation is 1. The summed E-state index contributed by atoms with van der Waals surface area (Å²) in [5, 5.41) is 19.7. The number of aliphatic hydroxyl groups excluding tert-OH is 1. The standard InChI is InChI=1S/C17H21FN4O4/c1-12-16(21-26-20-12)19-15(24)9-22-6-7-25-17(10-22,11-23)8-13-4-2-3-5-14(13)18/h2-5,23H,6-11H2,1H3,(H,19,21,24). The fraction of sp³-hybridized carbons (Fsp3) is 0.471. The van der Waals surface area contributed by atoms with Gasteiger partial charge in [-0.05, 0) is 23.7 Å². The predicted octanol–water partition coefficient (Wildman–Crippen LogP) is 0.762. The number of amides is 1. The predicted molar refractivity (Wildman–Crippen MR) is 90.0 cm³/mol. The second-order valence-corrected chi connectivity index (χ2v) is 6.41. The zero-order valence-corrected chi connectivity index (χ0v) is 14.4. The molecule has 26 heavy (non-hydrogen) atoms. The van der Waals surface area contributed by atoms with Crippen LogP contribution in [0.4, 0.5) is 10.2 Å². The fourth-order valence-corrected chi connectivity index (χ4v) is 3.03. The third-order valence-electron chi connectivity index (χ3n) is 4.36. The first-order valence-electron chi connectivity index (χ1n) is 8.31. The lowest BCUT2D eigenvalue weighted by Crippen LogP contribution is -2.56. The first-order chi connectivity index (χ1) is 12.5. The Hall–Kier alpha value is -2.36. The number of anilines is 1. The molecule has 0 spiro atoms. The van der Waals surface area contributed by atoms with Gasteiger partial charge in [-0.1, -0.05) is 23.4 Å². The van der Waals surface area contributed by atoms with E-state index in [1.54, 1.807) is 25.1 Å². The molecule has 9 heteroatoms. The number of nitrogens with zero attached hydrogens (tertiary/aromatic N) is 3. The highest BCUT2D eigenvalue weighted by Gasteiger charge is 2.37. The van der Waals surface area contributed by atoms with Crippen LogP contribution in [0.1, 0.15) is 11.3 Å². The number of halogens is 1. The van der Waals surface area contributed by atoms with Crippen LogP contribution >= 0.6 is 0 Å². The molecule has 1 aliphatic heterocycles. The van der Waals surface area contributed by atoms with E-state index in [4.69, 9.17) is 4.74 Å². The smallest absolute Gasteiger partial charge is 0.239 e. The Labute approximate surface area is 149 Å². The zero-order valence-electron chi connectivity index (χ0n) is 14.4. The summed E-state index contributed by atoms with van der Waals surface area (Å²) in [6, 6.07) is 6.40. The summed E-state index contributed by atoms with van der Waals surface area (Å²) < 4.78 is 24.3. The molecule has 140 valence electrons. The summed E-state index contributed by atoms with van der Waals surface area (Å²) in [5.74, 6) is -0.334. The minimum Gasteiger partial charge on any atom is -0.393 e. The van der Waals surface area contributed by atoms with E-state index < -0.39 is 5.60 Å². The maximum absolute atomic E-state index is 14.0. The molecule has 1 aromatic heterocycles. The normalized spacial score (nSPS) is 20.9. The third kappa shape index (κ3) is 4.24. The maximum Gasteiger partial charge on any atom is 0.239 e. The third-order valence-corrected chi connectivity index (χ3v) is 4.36. The van der Waals surface area contributed by atoms with Crippen molar-refractivity contribution in [2.24, 2.45) is 0 Å². The Bertz CT molecular complexity index is 769. The van der Waals surface area contributed by atoms with Gasteiger partial charge in [-0.3, -0.25) is 9.69 Å². The maximum atomic E-state index is 14.0. The van der Waals surface area contributed by atoms with Crippen molar-refractivity contribution in [3.05, 3.63) is 41.3 Å². The van der Waals surface area contributed by atoms with Crippen LogP contribution in [0.25, 0.3) is 0 Å². The van der Waals surface area contributed by atoms with Crippen LogP contribution in [0.15, 0.2) is 28.9 Å². The Balaban J connectivity index is 1.64. The molecule has 0 aliphatic carbocycles. The lowest BCUT2D eigenvalue weighted by Gasteiger charge is -2.41. The molecule has 1 aliphatic rings. The molecule has 1 saturated heterocycles.